The van der Waals surface area contributed by atoms with Crippen molar-refractivity contribution in [1.82, 2.24) is 24.6 Å². The molecule has 2 aromatic heterocycles. The summed E-state index contributed by atoms with van der Waals surface area (Å²) in [5, 5.41) is 21.7. The molecule has 32 heavy (non-hydrogen) atoms. The summed E-state index contributed by atoms with van der Waals surface area (Å²) in [4.78, 5) is 39.9. The Balaban J connectivity index is 1.47. The summed E-state index contributed by atoms with van der Waals surface area (Å²) >= 11 is 0. The number of carbonyl (C=O) groups excluding carboxylic acids is 2. The Morgan fingerprint density at radius 2 is 2.06 bits per heavy atom. The van der Waals surface area contributed by atoms with Crippen molar-refractivity contribution in [2.45, 2.75) is 38.3 Å². The number of nitro benzene ring substituents is 1. The molecule has 2 N–H and O–H groups in total. The molecule has 0 aliphatic heterocycles. The molecule has 0 saturated heterocycles. The smallest absolute Gasteiger partial charge is 0.293 e. The number of amides is 1. The van der Waals surface area contributed by atoms with E-state index < -0.39 is 10.7 Å². The third-order valence-corrected chi connectivity index (χ3v) is 5.42. The van der Waals surface area contributed by atoms with Gasteiger partial charge in [-0.15, -0.1) is 0 Å². The lowest BCUT2D eigenvalue weighted by Crippen LogP contribution is -2.35. The second kappa shape index (κ2) is 9.00. The van der Waals surface area contributed by atoms with Crippen LogP contribution < -0.4 is 10.6 Å². The molecule has 1 aromatic carbocycles. The Kier molecular flexibility index (Phi) is 5.97. The van der Waals surface area contributed by atoms with Gasteiger partial charge in [-0.05, 0) is 25.0 Å². The number of nitrogens with one attached hydrogen (secondary N) is 2. The highest BCUT2D eigenvalue weighted by Crippen LogP contribution is 2.29. The molecule has 1 saturated carbocycles. The Labute approximate surface area is 183 Å². The van der Waals surface area contributed by atoms with Gasteiger partial charge in [0.05, 0.1) is 16.8 Å². The van der Waals surface area contributed by atoms with E-state index >= 15 is 0 Å². The molecule has 11 nitrogen and oxygen atoms in total. The van der Waals surface area contributed by atoms with Gasteiger partial charge in [0, 0.05) is 43.3 Å². The number of nitro groups is 1. The minimum absolute atomic E-state index is 0.0668. The van der Waals surface area contributed by atoms with E-state index in [0.717, 1.165) is 25.7 Å². The van der Waals surface area contributed by atoms with Crippen LogP contribution in [0, 0.1) is 10.1 Å². The molecular weight excluding hydrogens is 414 g/mol. The standard InChI is InChI=1S/C21H23N7O4/c1-26-9-8-22-21(26)20(30)14-6-7-17(18(10-14)28(31)32)24-16-11-23-27(12-16)13-19(29)25-15-4-2-3-5-15/h6-12,15,24H,2-5,13H2,1H3,(H,25,29). The minimum atomic E-state index is -0.559. The molecule has 0 radical (unpaired) electrons. The number of hydrogen-bond donors (Lipinski definition) is 2. The molecule has 1 amide bonds. The molecule has 0 atom stereocenters. The number of carbonyl (C=O) groups is 2. The number of imidazole rings is 1. The van der Waals surface area contributed by atoms with E-state index in [2.05, 4.69) is 20.7 Å². The van der Waals surface area contributed by atoms with Crippen LogP contribution in [-0.4, -0.2) is 42.0 Å². The van der Waals surface area contributed by atoms with Gasteiger partial charge in [0.15, 0.2) is 5.82 Å². The lowest BCUT2D eigenvalue weighted by Gasteiger charge is -2.11. The van der Waals surface area contributed by atoms with Crippen molar-refractivity contribution >= 4 is 28.8 Å². The molecule has 2 heterocycles. The maximum absolute atomic E-state index is 12.6. The number of rotatable bonds is 8. The van der Waals surface area contributed by atoms with E-state index in [1.54, 1.807) is 24.0 Å². The molecule has 0 spiro atoms. The lowest BCUT2D eigenvalue weighted by molar-refractivity contribution is -0.383. The van der Waals surface area contributed by atoms with Crippen LogP contribution in [0.25, 0.3) is 0 Å². The quantitative estimate of drug-likeness (QED) is 0.314. The number of aromatic nitrogens is 4. The summed E-state index contributed by atoms with van der Waals surface area (Å²) in [7, 11) is 1.68. The Morgan fingerprint density at radius 1 is 1.28 bits per heavy atom. The van der Waals surface area contributed by atoms with Crippen LogP contribution in [0.1, 0.15) is 41.9 Å². The highest BCUT2D eigenvalue weighted by atomic mass is 16.6. The number of aryl methyl sites for hydroxylation is 1. The van der Waals surface area contributed by atoms with Crippen LogP contribution in [0.2, 0.25) is 0 Å². The van der Waals surface area contributed by atoms with E-state index in [1.807, 2.05) is 0 Å². The van der Waals surface area contributed by atoms with Crippen LogP contribution in [0.3, 0.4) is 0 Å². The topological polar surface area (TPSA) is 137 Å². The maximum atomic E-state index is 12.6. The number of benzene rings is 1. The average Bonchev–Trinajstić information content (AvgIpc) is 3.51. The molecule has 4 rings (SSSR count). The van der Waals surface area contributed by atoms with Gasteiger partial charge in [0.1, 0.15) is 12.2 Å². The SMILES string of the molecule is Cn1ccnc1C(=O)c1ccc(Nc2cnn(CC(=O)NC3CCCC3)c2)c([N+](=O)[O-])c1. The fourth-order valence-electron chi connectivity index (χ4n) is 3.80. The number of hydrogen-bond acceptors (Lipinski definition) is 7. The first-order valence-corrected chi connectivity index (χ1v) is 10.3. The predicted molar refractivity (Wildman–Crippen MR) is 116 cm³/mol. The monoisotopic (exact) mass is 437 g/mol. The van der Waals surface area contributed by atoms with Gasteiger partial charge in [0.2, 0.25) is 11.7 Å². The van der Waals surface area contributed by atoms with E-state index in [1.165, 1.54) is 35.3 Å². The van der Waals surface area contributed by atoms with Crippen molar-refractivity contribution in [3.8, 4) is 0 Å². The van der Waals surface area contributed by atoms with Crippen molar-refractivity contribution in [2.75, 3.05) is 5.32 Å². The number of anilines is 2. The van der Waals surface area contributed by atoms with Crippen LogP contribution in [-0.2, 0) is 18.4 Å². The van der Waals surface area contributed by atoms with Gasteiger partial charge in [-0.1, -0.05) is 12.8 Å². The summed E-state index contributed by atoms with van der Waals surface area (Å²) in [6.45, 7) is 0.0668. The van der Waals surface area contributed by atoms with E-state index in [4.69, 9.17) is 0 Å². The molecule has 1 fully saturated rings. The average molecular weight is 437 g/mol. The minimum Gasteiger partial charge on any atom is -0.352 e. The second-order valence-electron chi connectivity index (χ2n) is 7.78. The van der Waals surface area contributed by atoms with Crippen LogP contribution in [0.15, 0.2) is 43.0 Å². The zero-order valence-electron chi connectivity index (χ0n) is 17.5. The molecule has 11 heteroatoms. The zero-order valence-corrected chi connectivity index (χ0v) is 17.5. The highest BCUT2D eigenvalue weighted by Gasteiger charge is 2.21. The summed E-state index contributed by atoms with van der Waals surface area (Å²) in [5.41, 5.74) is 0.610. The molecule has 1 aliphatic rings. The van der Waals surface area contributed by atoms with E-state index in [0.29, 0.717) is 5.69 Å². The highest BCUT2D eigenvalue weighted by molar-refractivity contribution is 6.07. The van der Waals surface area contributed by atoms with Crippen molar-refractivity contribution in [3.05, 3.63) is 64.5 Å². The van der Waals surface area contributed by atoms with Crippen molar-refractivity contribution < 1.29 is 14.5 Å². The first kappa shape index (κ1) is 21.2. The largest absolute Gasteiger partial charge is 0.352 e. The van der Waals surface area contributed by atoms with Gasteiger partial charge in [0.25, 0.3) is 5.69 Å². The third-order valence-electron chi connectivity index (χ3n) is 5.42. The van der Waals surface area contributed by atoms with Crippen molar-refractivity contribution in [3.63, 3.8) is 0 Å². The number of ketones is 1. The van der Waals surface area contributed by atoms with Gasteiger partial charge in [-0.3, -0.25) is 24.4 Å². The molecule has 0 bridgehead atoms. The van der Waals surface area contributed by atoms with Gasteiger partial charge in [-0.25, -0.2) is 4.98 Å². The van der Waals surface area contributed by atoms with Gasteiger partial charge in [-0.2, -0.15) is 5.10 Å². The Morgan fingerprint density at radius 3 is 2.75 bits per heavy atom. The molecule has 166 valence electrons. The Hall–Kier alpha value is -4.02. The van der Waals surface area contributed by atoms with Crippen LogP contribution >= 0.6 is 0 Å². The fourth-order valence-corrected chi connectivity index (χ4v) is 3.80. The molecule has 3 aromatic rings. The van der Waals surface area contributed by atoms with E-state index in [-0.39, 0.29) is 41.3 Å². The predicted octanol–water partition coefficient (Wildman–Crippen LogP) is 2.56. The van der Waals surface area contributed by atoms with Crippen LogP contribution in [0.5, 0.6) is 0 Å². The fraction of sp³-hybridized carbons (Fsp3) is 0.333. The molecule has 0 unspecified atom stereocenters. The normalized spacial score (nSPS) is 13.8. The van der Waals surface area contributed by atoms with Crippen LogP contribution in [0.4, 0.5) is 17.1 Å². The first-order chi connectivity index (χ1) is 15.4. The lowest BCUT2D eigenvalue weighted by atomic mass is 10.1. The van der Waals surface area contributed by atoms with E-state index in [9.17, 15) is 19.7 Å². The molecular formula is C21H23N7O4. The maximum Gasteiger partial charge on any atom is 0.293 e. The summed E-state index contributed by atoms with van der Waals surface area (Å²) in [6.07, 6.45) is 10.5. The summed E-state index contributed by atoms with van der Waals surface area (Å²) in [6, 6.07) is 4.42. The third kappa shape index (κ3) is 4.66. The first-order valence-electron chi connectivity index (χ1n) is 10.3. The van der Waals surface area contributed by atoms with Gasteiger partial charge >= 0.3 is 0 Å². The zero-order chi connectivity index (χ0) is 22.7. The summed E-state index contributed by atoms with van der Waals surface area (Å²) < 4.78 is 3.02. The summed E-state index contributed by atoms with van der Waals surface area (Å²) in [5.74, 6) is -0.333. The van der Waals surface area contributed by atoms with Crippen molar-refractivity contribution in [2.24, 2.45) is 7.05 Å². The van der Waals surface area contributed by atoms with Crippen molar-refractivity contribution in [1.29, 1.82) is 0 Å². The number of nitrogens with zero attached hydrogens (tertiary/aromatic N) is 5. The molecule has 1 aliphatic carbocycles. The van der Waals surface area contributed by atoms with Gasteiger partial charge < -0.3 is 15.2 Å². The Bertz CT molecular complexity index is 1160. The second-order valence-corrected chi connectivity index (χ2v) is 7.78.